The first-order chi connectivity index (χ1) is 13.6. The summed E-state index contributed by atoms with van der Waals surface area (Å²) in [6.07, 6.45) is 2.32. The summed E-state index contributed by atoms with van der Waals surface area (Å²) < 4.78 is 23.4. The molecule has 0 aliphatic carbocycles. The van der Waals surface area contributed by atoms with E-state index in [1.165, 1.54) is 12.1 Å². The highest BCUT2D eigenvalue weighted by molar-refractivity contribution is 5.78. The second-order valence-electron chi connectivity index (χ2n) is 6.94. The summed E-state index contributed by atoms with van der Waals surface area (Å²) in [5.74, 6) is 1.71. The lowest BCUT2D eigenvalue weighted by atomic mass is 9.97. The van der Waals surface area contributed by atoms with E-state index in [4.69, 9.17) is 9.05 Å². The van der Waals surface area contributed by atoms with Crippen molar-refractivity contribution in [2.75, 3.05) is 13.1 Å². The highest BCUT2D eigenvalue weighted by Crippen LogP contribution is 2.26. The third-order valence-electron chi connectivity index (χ3n) is 4.76. The van der Waals surface area contributed by atoms with Crippen LogP contribution >= 0.6 is 0 Å². The van der Waals surface area contributed by atoms with E-state index >= 15 is 0 Å². The first-order valence-corrected chi connectivity index (χ1v) is 9.20. The molecule has 0 spiro atoms. The van der Waals surface area contributed by atoms with Gasteiger partial charge in [0.2, 0.25) is 17.7 Å². The molecule has 8 nitrogen and oxygen atoms in total. The van der Waals surface area contributed by atoms with E-state index in [-0.39, 0.29) is 24.1 Å². The zero-order chi connectivity index (χ0) is 19.5. The van der Waals surface area contributed by atoms with E-state index in [0.717, 1.165) is 18.4 Å². The van der Waals surface area contributed by atoms with E-state index in [0.29, 0.717) is 42.9 Å². The van der Waals surface area contributed by atoms with E-state index in [1.54, 1.807) is 19.1 Å². The number of hydrogen-bond acceptors (Lipinski definition) is 7. The Hall–Kier alpha value is -3.10. The fourth-order valence-corrected chi connectivity index (χ4v) is 3.35. The van der Waals surface area contributed by atoms with Crippen LogP contribution in [0.5, 0.6) is 0 Å². The molecule has 3 aromatic rings. The van der Waals surface area contributed by atoms with Crippen LogP contribution in [0.4, 0.5) is 4.39 Å². The third kappa shape index (κ3) is 4.24. The fourth-order valence-electron chi connectivity index (χ4n) is 3.35. The predicted molar refractivity (Wildman–Crippen MR) is 94.8 cm³/mol. The van der Waals surface area contributed by atoms with Crippen molar-refractivity contribution < 1.29 is 18.2 Å². The molecule has 1 aliphatic rings. The second-order valence-corrected chi connectivity index (χ2v) is 6.94. The summed E-state index contributed by atoms with van der Waals surface area (Å²) in [6, 6.07) is 6.01. The van der Waals surface area contributed by atoms with Gasteiger partial charge >= 0.3 is 0 Å². The lowest BCUT2D eigenvalue weighted by Gasteiger charge is -2.31. The maximum Gasteiger partial charge on any atom is 0.231 e. The van der Waals surface area contributed by atoms with Crippen molar-refractivity contribution >= 4 is 5.91 Å². The highest BCUT2D eigenvalue weighted by Gasteiger charge is 2.28. The van der Waals surface area contributed by atoms with E-state index in [2.05, 4.69) is 20.3 Å². The number of nitrogens with zero attached hydrogens (tertiary/aromatic N) is 5. The minimum Gasteiger partial charge on any atom is -0.342 e. The van der Waals surface area contributed by atoms with Crippen LogP contribution in [0, 0.1) is 12.7 Å². The van der Waals surface area contributed by atoms with Gasteiger partial charge in [-0.3, -0.25) is 4.79 Å². The number of likely N-dealkylation sites (tertiary alicyclic amines) is 1. The summed E-state index contributed by atoms with van der Waals surface area (Å²) in [5, 5.41) is 7.82. The maximum absolute atomic E-state index is 13.0. The Bertz CT molecular complexity index is 953. The van der Waals surface area contributed by atoms with Gasteiger partial charge < -0.3 is 13.9 Å². The zero-order valence-electron chi connectivity index (χ0n) is 15.5. The Balaban J connectivity index is 1.38. The molecule has 0 bridgehead atoms. The Labute approximate surface area is 160 Å². The van der Waals surface area contributed by atoms with Gasteiger partial charge in [-0.05, 0) is 30.5 Å². The van der Waals surface area contributed by atoms with Gasteiger partial charge in [-0.2, -0.15) is 9.97 Å². The molecular formula is C19H20FN5O3. The van der Waals surface area contributed by atoms with Crippen LogP contribution in [0.15, 0.2) is 33.3 Å². The molecular weight excluding hydrogens is 365 g/mol. The molecule has 9 heteroatoms. The molecule has 0 radical (unpaired) electrons. The van der Waals surface area contributed by atoms with Gasteiger partial charge in [0.15, 0.2) is 11.6 Å². The fraction of sp³-hybridized carbons (Fsp3) is 0.421. The van der Waals surface area contributed by atoms with Crippen molar-refractivity contribution in [2.24, 2.45) is 0 Å². The Morgan fingerprint density at radius 2 is 1.93 bits per heavy atom. The molecule has 1 atom stereocenters. The number of piperidine rings is 1. The largest absolute Gasteiger partial charge is 0.342 e. The zero-order valence-corrected chi connectivity index (χ0v) is 15.5. The molecule has 1 aromatic carbocycles. The third-order valence-corrected chi connectivity index (χ3v) is 4.76. The number of aromatic nitrogens is 4. The predicted octanol–water partition coefficient (Wildman–Crippen LogP) is 2.44. The van der Waals surface area contributed by atoms with Crippen molar-refractivity contribution in [1.29, 1.82) is 0 Å². The number of carbonyl (C=O) groups excluding carboxylic acids is 1. The SMILES string of the molecule is Cc1nc(Cc2noc(C3CCCN(C(=O)Cc4ccc(F)cc4)C3)n2)no1. The van der Waals surface area contributed by atoms with Crippen molar-refractivity contribution in [3.63, 3.8) is 0 Å². The molecule has 1 fully saturated rings. The quantitative estimate of drug-likeness (QED) is 0.665. The van der Waals surface area contributed by atoms with E-state index in [1.807, 2.05) is 4.90 Å². The Morgan fingerprint density at radius 3 is 2.68 bits per heavy atom. The standard InChI is InChI=1S/C19H20FN5O3/c1-12-21-16(23-27-12)10-17-22-19(28-24-17)14-3-2-8-25(11-14)18(26)9-13-4-6-15(20)7-5-13/h4-7,14H,2-3,8-11H2,1H3. The highest BCUT2D eigenvalue weighted by atomic mass is 19.1. The number of carbonyl (C=O) groups is 1. The van der Waals surface area contributed by atoms with E-state index in [9.17, 15) is 9.18 Å². The lowest BCUT2D eigenvalue weighted by Crippen LogP contribution is -2.40. The van der Waals surface area contributed by atoms with Gasteiger partial charge in [0.25, 0.3) is 0 Å². The molecule has 4 rings (SSSR count). The summed E-state index contributed by atoms with van der Waals surface area (Å²) in [6.45, 7) is 2.94. The average molecular weight is 385 g/mol. The minimum atomic E-state index is -0.308. The van der Waals surface area contributed by atoms with Crippen LogP contribution in [0.1, 0.15) is 47.8 Å². The molecule has 0 N–H and O–H groups in total. The summed E-state index contributed by atoms with van der Waals surface area (Å²) in [5.41, 5.74) is 0.795. The van der Waals surface area contributed by atoms with E-state index < -0.39 is 0 Å². The van der Waals surface area contributed by atoms with Crippen LogP contribution in [-0.2, 0) is 17.6 Å². The van der Waals surface area contributed by atoms with Crippen molar-refractivity contribution in [3.05, 3.63) is 59.1 Å². The van der Waals surface area contributed by atoms with Crippen LogP contribution < -0.4 is 0 Å². The summed E-state index contributed by atoms with van der Waals surface area (Å²) in [7, 11) is 0. The topological polar surface area (TPSA) is 98.2 Å². The molecule has 1 unspecified atom stereocenters. The molecule has 0 saturated carbocycles. The van der Waals surface area contributed by atoms with Crippen LogP contribution in [0.2, 0.25) is 0 Å². The Kier molecular flexibility index (Phi) is 5.14. The molecule has 3 heterocycles. The average Bonchev–Trinajstić information content (AvgIpc) is 3.33. The molecule has 1 amide bonds. The summed E-state index contributed by atoms with van der Waals surface area (Å²) in [4.78, 5) is 23.0. The van der Waals surface area contributed by atoms with Crippen LogP contribution in [0.3, 0.4) is 0 Å². The molecule has 2 aromatic heterocycles. The number of amides is 1. The minimum absolute atomic E-state index is 0.000767. The first-order valence-electron chi connectivity index (χ1n) is 9.20. The van der Waals surface area contributed by atoms with Crippen molar-refractivity contribution in [3.8, 4) is 0 Å². The second kappa shape index (κ2) is 7.87. The number of hydrogen-bond donors (Lipinski definition) is 0. The van der Waals surface area contributed by atoms with Crippen LogP contribution in [-0.4, -0.2) is 44.2 Å². The van der Waals surface area contributed by atoms with Gasteiger partial charge in [-0.15, -0.1) is 0 Å². The number of benzene rings is 1. The molecule has 1 aliphatic heterocycles. The number of halogens is 1. The Morgan fingerprint density at radius 1 is 1.18 bits per heavy atom. The van der Waals surface area contributed by atoms with Crippen molar-refractivity contribution in [1.82, 2.24) is 25.2 Å². The molecule has 28 heavy (non-hydrogen) atoms. The normalized spacial score (nSPS) is 17.1. The van der Waals surface area contributed by atoms with Crippen LogP contribution in [0.25, 0.3) is 0 Å². The van der Waals surface area contributed by atoms with Gasteiger partial charge in [-0.25, -0.2) is 4.39 Å². The summed E-state index contributed by atoms with van der Waals surface area (Å²) >= 11 is 0. The smallest absolute Gasteiger partial charge is 0.231 e. The molecule has 1 saturated heterocycles. The van der Waals surface area contributed by atoms with Gasteiger partial charge in [-0.1, -0.05) is 22.4 Å². The lowest BCUT2D eigenvalue weighted by molar-refractivity contribution is -0.131. The van der Waals surface area contributed by atoms with Crippen molar-refractivity contribution in [2.45, 2.75) is 38.5 Å². The first kappa shape index (κ1) is 18.3. The maximum atomic E-state index is 13.0. The number of rotatable bonds is 5. The van der Waals surface area contributed by atoms with Gasteiger partial charge in [0.05, 0.1) is 18.8 Å². The number of aryl methyl sites for hydroxylation is 1. The van der Waals surface area contributed by atoms with Gasteiger partial charge in [0, 0.05) is 20.0 Å². The monoisotopic (exact) mass is 385 g/mol. The molecule has 146 valence electrons. The van der Waals surface area contributed by atoms with Gasteiger partial charge in [0.1, 0.15) is 5.82 Å².